The number of hydrogen-bond acceptors (Lipinski definition) is 4. The summed E-state index contributed by atoms with van der Waals surface area (Å²) in [4.78, 5) is 0. The minimum Gasteiger partial charge on any atom is -0.497 e. The highest BCUT2D eigenvalue weighted by Gasteiger charge is 2.03. The smallest absolute Gasteiger partial charge is 0.142 e. The van der Waals surface area contributed by atoms with Crippen molar-refractivity contribution in [2.24, 2.45) is 0 Å². The van der Waals surface area contributed by atoms with Gasteiger partial charge in [0, 0.05) is 11.1 Å². The van der Waals surface area contributed by atoms with E-state index in [1.54, 1.807) is 25.3 Å². The van der Waals surface area contributed by atoms with E-state index in [1.807, 2.05) is 25.1 Å². The predicted molar refractivity (Wildman–Crippen MR) is 84.6 cm³/mol. The van der Waals surface area contributed by atoms with Crippen molar-refractivity contribution in [1.82, 2.24) is 0 Å². The summed E-state index contributed by atoms with van der Waals surface area (Å²) in [6.45, 7) is 2.76. The van der Waals surface area contributed by atoms with Gasteiger partial charge in [-0.05, 0) is 42.8 Å². The number of rotatable bonds is 6. The van der Waals surface area contributed by atoms with Crippen molar-refractivity contribution in [3.05, 3.63) is 47.0 Å². The molecule has 4 nitrogen and oxygen atoms in total. The van der Waals surface area contributed by atoms with Gasteiger partial charge in [-0.25, -0.2) is 0 Å². The lowest BCUT2D eigenvalue weighted by Gasteiger charge is -2.11. The molecule has 2 rings (SSSR count). The summed E-state index contributed by atoms with van der Waals surface area (Å²) in [7, 11) is 1.59. The lowest BCUT2D eigenvalue weighted by molar-refractivity contribution is 0.217. The molecule has 0 saturated heterocycles. The summed E-state index contributed by atoms with van der Waals surface area (Å²) in [6, 6.07) is 10.8. The van der Waals surface area contributed by atoms with Gasteiger partial charge in [-0.1, -0.05) is 11.6 Å². The number of aryl methyl sites for hydroxylation is 1. The molecule has 0 bridgehead atoms. The Balaban J connectivity index is 1.83. The molecule has 0 unspecified atom stereocenters. The summed E-state index contributed by atoms with van der Waals surface area (Å²) in [5, 5.41) is 0.726. The molecule has 0 amide bonds. The van der Waals surface area contributed by atoms with Crippen molar-refractivity contribution >= 4 is 17.3 Å². The van der Waals surface area contributed by atoms with E-state index >= 15 is 0 Å². The Bertz CT molecular complexity index is 616. The Morgan fingerprint density at radius 3 is 2.38 bits per heavy atom. The maximum atomic E-state index is 5.96. The fourth-order valence-electron chi connectivity index (χ4n) is 1.80. The molecule has 2 aromatic carbocycles. The van der Waals surface area contributed by atoms with Crippen molar-refractivity contribution in [3.8, 4) is 17.2 Å². The first kappa shape index (κ1) is 15.3. The lowest BCUT2D eigenvalue weighted by Crippen LogP contribution is -2.10. The average molecular weight is 308 g/mol. The van der Waals surface area contributed by atoms with E-state index in [4.69, 9.17) is 31.5 Å². The van der Waals surface area contributed by atoms with E-state index in [0.717, 1.165) is 16.3 Å². The molecule has 21 heavy (non-hydrogen) atoms. The van der Waals surface area contributed by atoms with Crippen LogP contribution in [0.15, 0.2) is 36.4 Å². The van der Waals surface area contributed by atoms with Gasteiger partial charge in [0.05, 0.1) is 12.8 Å². The molecule has 0 aliphatic carbocycles. The molecule has 0 aliphatic rings. The van der Waals surface area contributed by atoms with E-state index in [-0.39, 0.29) is 0 Å². The summed E-state index contributed by atoms with van der Waals surface area (Å²) < 4.78 is 16.3. The summed E-state index contributed by atoms with van der Waals surface area (Å²) >= 11 is 5.96. The van der Waals surface area contributed by atoms with Gasteiger partial charge >= 0.3 is 0 Å². The van der Waals surface area contributed by atoms with E-state index in [9.17, 15) is 0 Å². The minimum atomic E-state index is 0.401. The van der Waals surface area contributed by atoms with Crippen LogP contribution in [-0.4, -0.2) is 20.3 Å². The maximum absolute atomic E-state index is 5.96. The molecule has 0 atom stereocenters. The highest BCUT2D eigenvalue weighted by atomic mass is 35.5. The first-order valence-electron chi connectivity index (χ1n) is 6.55. The molecule has 0 spiro atoms. The van der Waals surface area contributed by atoms with Crippen molar-refractivity contribution in [2.45, 2.75) is 6.92 Å². The van der Waals surface area contributed by atoms with Crippen molar-refractivity contribution in [3.63, 3.8) is 0 Å². The van der Waals surface area contributed by atoms with Crippen LogP contribution in [0.4, 0.5) is 5.69 Å². The number of anilines is 1. The summed E-state index contributed by atoms with van der Waals surface area (Å²) in [5.74, 6) is 2.09. The maximum Gasteiger partial charge on any atom is 0.142 e. The highest BCUT2D eigenvalue weighted by Crippen LogP contribution is 2.26. The Hall–Kier alpha value is -2.07. The van der Waals surface area contributed by atoms with Crippen LogP contribution in [0.25, 0.3) is 0 Å². The molecule has 0 fully saturated rings. The van der Waals surface area contributed by atoms with Gasteiger partial charge in [0.25, 0.3) is 0 Å². The number of methoxy groups -OCH3 is 1. The molecule has 2 N–H and O–H groups in total. The molecule has 0 radical (unpaired) electrons. The number of hydrogen-bond donors (Lipinski definition) is 1. The molecule has 0 saturated carbocycles. The topological polar surface area (TPSA) is 53.7 Å². The van der Waals surface area contributed by atoms with E-state index in [2.05, 4.69) is 0 Å². The second-order valence-electron chi connectivity index (χ2n) is 4.51. The first-order chi connectivity index (χ1) is 10.1. The monoisotopic (exact) mass is 307 g/mol. The Morgan fingerprint density at radius 2 is 1.71 bits per heavy atom. The third-order valence-electron chi connectivity index (χ3n) is 2.96. The molecule has 0 heterocycles. The standard InChI is InChI=1S/C16H18ClNO3/c1-11-9-13(3-5-14(11)17)20-7-8-21-16-6-4-12(19-2)10-15(16)18/h3-6,9-10H,7-8,18H2,1-2H3. The minimum absolute atomic E-state index is 0.401. The molecule has 0 aliphatic heterocycles. The van der Waals surface area contributed by atoms with Gasteiger partial charge in [-0.2, -0.15) is 0 Å². The van der Waals surface area contributed by atoms with Crippen LogP contribution in [0.5, 0.6) is 17.2 Å². The van der Waals surface area contributed by atoms with Gasteiger partial charge in [-0.15, -0.1) is 0 Å². The van der Waals surface area contributed by atoms with Gasteiger partial charge in [-0.3, -0.25) is 0 Å². The van der Waals surface area contributed by atoms with Crippen molar-refractivity contribution in [2.75, 3.05) is 26.1 Å². The third kappa shape index (κ3) is 4.20. The van der Waals surface area contributed by atoms with E-state index in [1.165, 1.54) is 0 Å². The van der Waals surface area contributed by atoms with Crippen LogP contribution in [0, 0.1) is 6.92 Å². The fourth-order valence-corrected chi connectivity index (χ4v) is 1.92. The van der Waals surface area contributed by atoms with Crippen molar-refractivity contribution in [1.29, 1.82) is 0 Å². The summed E-state index contributed by atoms with van der Waals surface area (Å²) in [5.41, 5.74) is 7.39. The zero-order chi connectivity index (χ0) is 15.2. The quantitative estimate of drug-likeness (QED) is 0.653. The zero-order valence-corrected chi connectivity index (χ0v) is 12.8. The molecule has 112 valence electrons. The zero-order valence-electron chi connectivity index (χ0n) is 12.1. The van der Waals surface area contributed by atoms with Crippen LogP contribution in [-0.2, 0) is 0 Å². The normalized spacial score (nSPS) is 10.2. The number of halogens is 1. The second kappa shape index (κ2) is 7.09. The molecule has 2 aromatic rings. The van der Waals surface area contributed by atoms with Crippen molar-refractivity contribution < 1.29 is 14.2 Å². The second-order valence-corrected chi connectivity index (χ2v) is 4.92. The predicted octanol–water partition coefficient (Wildman–Crippen LogP) is 3.70. The lowest BCUT2D eigenvalue weighted by atomic mass is 10.2. The molecular formula is C16H18ClNO3. The van der Waals surface area contributed by atoms with Crippen LogP contribution >= 0.6 is 11.6 Å². The Morgan fingerprint density at radius 1 is 1.00 bits per heavy atom. The van der Waals surface area contributed by atoms with Gasteiger partial charge in [0.2, 0.25) is 0 Å². The van der Waals surface area contributed by atoms with Crippen LogP contribution in [0.3, 0.4) is 0 Å². The molecule has 0 aromatic heterocycles. The fraction of sp³-hybridized carbons (Fsp3) is 0.250. The first-order valence-corrected chi connectivity index (χ1v) is 6.93. The third-order valence-corrected chi connectivity index (χ3v) is 3.38. The van der Waals surface area contributed by atoms with Crippen LogP contribution < -0.4 is 19.9 Å². The number of ether oxygens (including phenoxy) is 3. The number of benzene rings is 2. The summed E-state index contributed by atoms with van der Waals surface area (Å²) in [6.07, 6.45) is 0. The van der Waals surface area contributed by atoms with Gasteiger partial charge in [0.1, 0.15) is 30.5 Å². The van der Waals surface area contributed by atoms with E-state index < -0.39 is 0 Å². The Kier molecular flexibility index (Phi) is 5.17. The van der Waals surface area contributed by atoms with Gasteiger partial charge in [0.15, 0.2) is 0 Å². The SMILES string of the molecule is COc1ccc(OCCOc2ccc(Cl)c(C)c2)c(N)c1. The number of nitrogen functional groups attached to an aromatic ring is 1. The number of nitrogens with two attached hydrogens (primary N) is 1. The van der Waals surface area contributed by atoms with E-state index in [0.29, 0.717) is 30.4 Å². The largest absolute Gasteiger partial charge is 0.497 e. The molecule has 5 heteroatoms. The van der Waals surface area contributed by atoms with Crippen LogP contribution in [0.1, 0.15) is 5.56 Å². The van der Waals surface area contributed by atoms with Crippen LogP contribution in [0.2, 0.25) is 5.02 Å². The Labute approximate surface area is 129 Å². The van der Waals surface area contributed by atoms with Gasteiger partial charge < -0.3 is 19.9 Å². The highest BCUT2D eigenvalue weighted by molar-refractivity contribution is 6.31. The average Bonchev–Trinajstić information content (AvgIpc) is 2.48. The molecular weight excluding hydrogens is 290 g/mol.